The molecule has 0 aliphatic carbocycles. The molecule has 0 spiro atoms. The van der Waals surface area contributed by atoms with E-state index in [1.54, 1.807) is 0 Å². The van der Waals surface area contributed by atoms with Crippen LogP contribution in [-0.2, 0) is 22.0 Å². The van der Waals surface area contributed by atoms with Crippen LogP contribution in [0.3, 0.4) is 0 Å². The highest BCUT2D eigenvalue weighted by atomic mass is 32.4. The largest absolute Gasteiger partial charge is 0.379 e. The molecule has 3 heterocycles. The van der Waals surface area contributed by atoms with Gasteiger partial charge in [0.1, 0.15) is 0 Å². The molecule has 0 radical (unpaired) electrons. The van der Waals surface area contributed by atoms with Crippen molar-refractivity contribution in [2.45, 2.75) is 19.3 Å². The summed E-state index contributed by atoms with van der Waals surface area (Å²) in [4.78, 5) is 2.33. The lowest BCUT2D eigenvalue weighted by atomic mass is 9.84. The Labute approximate surface area is 183 Å². The standard InChI is InChI=1S/C23H27N4OPS/c1-23(2)19-11-7-8-12-20(19)25(3)22(23)21-17-24-27(18-9-5-4-6-10-18)29(21,30)26-13-15-28-16-14-26/h4-12,17H,13-16H2,1-3H3/b22-21+. The van der Waals surface area contributed by atoms with Crippen LogP contribution in [0.1, 0.15) is 19.4 Å². The number of para-hydroxylation sites is 2. The molecular formula is C23H27N4OPS. The SMILES string of the molecule is CN1/C(=C2\C=NN(c3ccccc3)P2(=S)N2CCOCC2)C(C)(C)c2ccccc21. The van der Waals surface area contributed by atoms with Crippen LogP contribution in [0.2, 0.25) is 0 Å². The summed E-state index contributed by atoms with van der Waals surface area (Å²) in [6, 6.07) is 19.0. The first-order chi connectivity index (χ1) is 14.5. The van der Waals surface area contributed by atoms with E-state index in [4.69, 9.17) is 21.6 Å². The van der Waals surface area contributed by atoms with Crippen molar-refractivity contribution in [3.05, 3.63) is 71.2 Å². The van der Waals surface area contributed by atoms with Crippen LogP contribution in [-0.4, -0.2) is 44.2 Å². The van der Waals surface area contributed by atoms with Crippen molar-refractivity contribution in [1.29, 1.82) is 0 Å². The molecule has 2 aromatic rings. The van der Waals surface area contributed by atoms with Crippen LogP contribution in [0, 0.1) is 0 Å². The van der Waals surface area contributed by atoms with Gasteiger partial charge in [0.15, 0.2) is 6.34 Å². The average molecular weight is 439 g/mol. The fourth-order valence-corrected chi connectivity index (χ4v) is 9.19. The summed E-state index contributed by atoms with van der Waals surface area (Å²) in [6.07, 6.45) is -0.316. The second-order valence-corrected chi connectivity index (χ2v) is 12.5. The zero-order valence-electron chi connectivity index (χ0n) is 17.7. The Hall–Kier alpha value is -1.98. The molecule has 0 N–H and O–H groups in total. The molecule has 3 aliphatic rings. The van der Waals surface area contributed by atoms with Crippen LogP contribution in [0.5, 0.6) is 0 Å². The van der Waals surface area contributed by atoms with Crippen molar-refractivity contribution in [3.63, 3.8) is 0 Å². The van der Waals surface area contributed by atoms with Crippen molar-refractivity contribution in [1.82, 2.24) is 4.67 Å². The van der Waals surface area contributed by atoms with Crippen LogP contribution < -0.4 is 9.68 Å². The van der Waals surface area contributed by atoms with Crippen molar-refractivity contribution in [2.75, 3.05) is 43.0 Å². The van der Waals surface area contributed by atoms with E-state index in [9.17, 15) is 0 Å². The first kappa shape index (κ1) is 20.0. The second kappa shape index (κ2) is 7.31. The van der Waals surface area contributed by atoms with E-state index in [1.807, 2.05) is 12.3 Å². The lowest BCUT2D eigenvalue weighted by Gasteiger charge is -2.41. The predicted molar refractivity (Wildman–Crippen MR) is 129 cm³/mol. The molecule has 7 heteroatoms. The Bertz CT molecular complexity index is 1080. The van der Waals surface area contributed by atoms with Crippen molar-refractivity contribution in [2.24, 2.45) is 5.10 Å². The van der Waals surface area contributed by atoms with Gasteiger partial charge in [-0.1, -0.05) is 62.1 Å². The van der Waals surface area contributed by atoms with E-state index in [0.717, 1.165) is 18.8 Å². The molecule has 1 saturated heterocycles. The van der Waals surface area contributed by atoms with Crippen LogP contribution >= 0.6 is 6.34 Å². The molecule has 2 aromatic carbocycles. The first-order valence-corrected chi connectivity index (χ1v) is 13.1. The summed E-state index contributed by atoms with van der Waals surface area (Å²) < 4.78 is 10.2. The van der Waals surface area contributed by atoms with Gasteiger partial charge in [-0.05, 0) is 23.8 Å². The van der Waals surface area contributed by atoms with Gasteiger partial charge in [0, 0.05) is 36.9 Å². The van der Waals surface area contributed by atoms with Gasteiger partial charge in [0.2, 0.25) is 0 Å². The summed E-state index contributed by atoms with van der Waals surface area (Å²) >= 11 is 6.61. The highest BCUT2D eigenvalue weighted by Crippen LogP contribution is 2.67. The molecule has 5 nitrogen and oxygen atoms in total. The summed E-state index contributed by atoms with van der Waals surface area (Å²) in [5, 5.41) is 6.10. The topological polar surface area (TPSA) is 31.3 Å². The highest BCUT2D eigenvalue weighted by Gasteiger charge is 2.48. The van der Waals surface area contributed by atoms with Gasteiger partial charge in [-0.25, -0.2) is 9.45 Å². The quantitative estimate of drug-likeness (QED) is 0.631. The van der Waals surface area contributed by atoms with E-state index in [0.29, 0.717) is 13.2 Å². The van der Waals surface area contributed by atoms with Crippen molar-refractivity contribution < 1.29 is 4.74 Å². The van der Waals surface area contributed by atoms with Gasteiger partial charge in [0.25, 0.3) is 0 Å². The Morgan fingerprint density at radius 3 is 2.37 bits per heavy atom. The summed E-state index contributed by atoms with van der Waals surface area (Å²) in [5.41, 5.74) is 4.76. The summed E-state index contributed by atoms with van der Waals surface area (Å²) in [7, 11) is 2.16. The van der Waals surface area contributed by atoms with E-state index in [2.05, 4.69) is 83.8 Å². The van der Waals surface area contributed by atoms with E-state index >= 15 is 0 Å². The van der Waals surface area contributed by atoms with Gasteiger partial charge in [-0.3, -0.25) is 0 Å². The smallest absolute Gasteiger partial charge is 0.154 e. The summed E-state index contributed by atoms with van der Waals surface area (Å²) in [6.45, 7) is 7.69. The fraction of sp³-hybridized carbons (Fsp3) is 0.348. The fourth-order valence-electron chi connectivity index (χ4n) is 4.89. The minimum Gasteiger partial charge on any atom is -0.379 e. The highest BCUT2D eigenvalue weighted by molar-refractivity contribution is 8.16. The van der Waals surface area contributed by atoms with Gasteiger partial charge in [-0.15, -0.1) is 0 Å². The third-order valence-electron chi connectivity index (χ3n) is 6.33. The summed E-state index contributed by atoms with van der Waals surface area (Å²) in [5.74, 6) is 0. The molecule has 0 bridgehead atoms. The minimum absolute atomic E-state index is 0.143. The zero-order chi connectivity index (χ0) is 20.9. The number of morpholine rings is 1. The molecule has 0 saturated carbocycles. The number of benzene rings is 2. The van der Waals surface area contributed by atoms with Gasteiger partial charge >= 0.3 is 0 Å². The molecule has 0 aromatic heterocycles. The van der Waals surface area contributed by atoms with Crippen LogP contribution in [0.4, 0.5) is 11.4 Å². The molecule has 1 unspecified atom stereocenters. The van der Waals surface area contributed by atoms with Crippen LogP contribution in [0.25, 0.3) is 0 Å². The Morgan fingerprint density at radius 1 is 1.00 bits per heavy atom. The first-order valence-electron chi connectivity index (χ1n) is 10.4. The normalized spacial score (nSPS) is 28.2. The minimum atomic E-state index is -2.35. The molecule has 0 amide bonds. The molecule has 30 heavy (non-hydrogen) atoms. The van der Waals surface area contributed by atoms with Gasteiger partial charge in [-0.2, -0.15) is 5.10 Å². The number of ether oxygens (including phenoxy) is 1. The van der Waals surface area contributed by atoms with E-state index in [-0.39, 0.29) is 5.41 Å². The Balaban J connectivity index is 1.72. The maximum Gasteiger partial charge on any atom is 0.154 e. The predicted octanol–water partition coefficient (Wildman–Crippen LogP) is 4.77. The number of likely N-dealkylation sites (N-methyl/N-ethyl adjacent to an activating group) is 1. The third-order valence-corrected chi connectivity index (χ3v) is 11.0. The van der Waals surface area contributed by atoms with E-state index < -0.39 is 6.34 Å². The Morgan fingerprint density at radius 2 is 1.67 bits per heavy atom. The maximum absolute atomic E-state index is 6.61. The number of hydrogen-bond donors (Lipinski definition) is 0. The lowest BCUT2D eigenvalue weighted by molar-refractivity contribution is 0.0748. The second-order valence-electron chi connectivity index (χ2n) is 8.41. The molecular weight excluding hydrogens is 411 g/mol. The molecule has 156 valence electrons. The maximum atomic E-state index is 6.61. The molecule has 5 rings (SSSR count). The lowest BCUT2D eigenvalue weighted by Crippen LogP contribution is -2.38. The monoisotopic (exact) mass is 438 g/mol. The van der Waals surface area contributed by atoms with Gasteiger partial charge < -0.3 is 9.64 Å². The number of hydrogen-bond acceptors (Lipinski definition) is 4. The van der Waals surface area contributed by atoms with Crippen molar-refractivity contribution in [3.8, 4) is 0 Å². The number of rotatable bonds is 2. The van der Waals surface area contributed by atoms with Gasteiger partial charge in [0.05, 0.1) is 30.4 Å². The molecule has 1 atom stereocenters. The number of allylic oxidation sites excluding steroid dienone is 2. The Kier molecular flexibility index (Phi) is 4.86. The molecule has 3 aliphatic heterocycles. The number of anilines is 2. The third kappa shape index (κ3) is 2.82. The van der Waals surface area contributed by atoms with E-state index in [1.165, 1.54) is 22.3 Å². The van der Waals surface area contributed by atoms with Crippen molar-refractivity contribution >= 4 is 35.7 Å². The van der Waals surface area contributed by atoms with Crippen LogP contribution in [0.15, 0.2) is 70.7 Å². The number of nitrogens with zero attached hydrogens (tertiary/aromatic N) is 4. The average Bonchev–Trinajstić information content (AvgIpc) is 3.21. The molecule has 1 fully saturated rings. The number of fused-ring (bicyclic) bond motifs is 1. The zero-order valence-corrected chi connectivity index (χ0v) is 19.4. The number of hydrazone groups is 1.